The Kier molecular flexibility index (Phi) is 3.35. The Morgan fingerprint density at radius 2 is 1.83 bits per heavy atom. The number of nitrogens with two attached hydrogens (primary N) is 1. The zero-order chi connectivity index (χ0) is 16.9. The van der Waals surface area contributed by atoms with Gasteiger partial charge in [0.1, 0.15) is 0 Å². The lowest BCUT2D eigenvalue weighted by molar-refractivity contribution is 0.174. The number of ether oxygens (including phenoxy) is 2. The fourth-order valence-electron chi connectivity index (χ4n) is 3.43. The van der Waals surface area contributed by atoms with Gasteiger partial charge in [0.15, 0.2) is 21.3 Å². The zero-order valence-corrected chi connectivity index (χ0v) is 13.6. The molecule has 0 radical (unpaired) electrons. The molecule has 7 heteroatoms. The summed E-state index contributed by atoms with van der Waals surface area (Å²) in [5, 5.41) is 8.85. The highest BCUT2D eigenvalue weighted by molar-refractivity contribution is 7.92. The van der Waals surface area contributed by atoms with E-state index in [-0.39, 0.29) is 11.7 Å². The Labute approximate surface area is 139 Å². The average molecular weight is 347 g/mol. The zero-order valence-electron chi connectivity index (χ0n) is 12.8. The van der Waals surface area contributed by atoms with Gasteiger partial charge in [-0.3, -0.25) is 0 Å². The van der Waals surface area contributed by atoms with Crippen molar-refractivity contribution in [1.29, 1.82) is 0 Å². The molecule has 0 unspecified atom stereocenters. The van der Waals surface area contributed by atoms with Crippen molar-refractivity contribution in [2.24, 2.45) is 5.73 Å². The first-order valence-electron chi connectivity index (χ1n) is 7.57. The first kappa shape index (κ1) is 15.4. The summed E-state index contributed by atoms with van der Waals surface area (Å²) in [5.74, 6) is 0.686. The van der Waals surface area contributed by atoms with Crippen molar-refractivity contribution in [2.75, 3.05) is 13.4 Å². The maximum absolute atomic E-state index is 12.9. The summed E-state index contributed by atoms with van der Waals surface area (Å²) >= 11 is 0. The fourth-order valence-corrected chi connectivity index (χ4v) is 5.75. The highest BCUT2D eigenvalue weighted by Gasteiger charge is 2.69. The van der Waals surface area contributed by atoms with Crippen LogP contribution < -0.4 is 15.2 Å². The molecule has 0 amide bonds. The maximum Gasteiger partial charge on any atom is 0.231 e. The molecule has 1 fully saturated rings. The van der Waals surface area contributed by atoms with Crippen LogP contribution in [0.5, 0.6) is 11.5 Å². The van der Waals surface area contributed by atoms with E-state index < -0.39 is 33.2 Å². The van der Waals surface area contributed by atoms with E-state index in [4.69, 9.17) is 15.2 Å². The highest BCUT2D eigenvalue weighted by Crippen LogP contribution is 2.56. The van der Waals surface area contributed by atoms with Gasteiger partial charge in [-0.05, 0) is 29.8 Å². The van der Waals surface area contributed by atoms with Gasteiger partial charge in [0.25, 0.3) is 0 Å². The van der Waals surface area contributed by atoms with Crippen LogP contribution in [0.3, 0.4) is 0 Å². The molecule has 0 spiro atoms. The first-order chi connectivity index (χ1) is 11.5. The molecule has 2 aromatic carbocycles. The Hall–Kier alpha value is -2.09. The number of sulfone groups is 1. The second kappa shape index (κ2) is 5.20. The summed E-state index contributed by atoms with van der Waals surface area (Å²) in [6, 6.07) is 13.4. The molecule has 0 bridgehead atoms. The number of hydrogen-bond acceptors (Lipinski definition) is 6. The van der Waals surface area contributed by atoms with Gasteiger partial charge >= 0.3 is 0 Å². The predicted molar refractivity (Wildman–Crippen MR) is 86.7 cm³/mol. The molecule has 3 atom stereocenters. The van der Waals surface area contributed by atoms with E-state index in [1.54, 1.807) is 48.5 Å². The Morgan fingerprint density at radius 3 is 2.54 bits per heavy atom. The molecule has 1 saturated carbocycles. The molecule has 2 aromatic rings. The van der Waals surface area contributed by atoms with Gasteiger partial charge in [-0.2, -0.15) is 0 Å². The lowest BCUT2D eigenvalue weighted by Gasteiger charge is -2.08. The van der Waals surface area contributed by atoms with E-state index in [1.807, 2.05) is 0 Å². The van der Waals surface area contributed by atoms with E-state index in [0.717, 1.165) is 5.56 Å². The van der Waals surface area contributed by atoms with Crippen molar-refractivity contribution in [3.63, 3.8) is 0 Å². The largest absolute Gasteiger partial charge is 0.454 e. The molecule has 3 N–H and O–H groups in total. The second-order valence-electron chi connectivity index (χ2n) is 6.14. The van der Waals surface area contributed by atoms with Crippen molar-refractivity contribution >= 4 is 9.84 Å². The summed E-state index contributed by atoms with van der Waals surface area (Å²) in [7, 11) is -3.65. The predicted octanol–water partition coefficient (Wildman–Crippen LogP) is 1.04. The smallest absolute Gasteiger partial charge is 0.231 e. The number of hydrogen-bond donors (Lipinski definition) is 2. The molecule has 6 nitrogen and oxygen atoms in total. The minimum absolute atomic E-state index is 0.142. The lowest BCUT2D eigenvalue weighted by atomic mass is 10.1. The standard InChI is InChI=1S/C17H17NO5S/c18-17(9-19)15(11-6-7-13-14(8-11)23-10-22-13)16(17)24(20,21)12-4-2-1-3-5-12/h1-8,15-16,19H,9-10,18H2/t15-,16-,17-/m0/s1. The van der Waals surface area contributed by atoms with Crippen molar-refractivity contribution in [3.05, 3.63) is 54.1 Å². The summed E-state index contributed by atoms with van der Waals surface area (Å²) in [5.41, 5.74) is 5.75. The summed E-state index contributed by atoms with van der Waals surface area (Å²) in [6.45, 7) is -0.272. The third-order valence-electron chi connectivity index (χ3n) is 4.74. The molecule has 1 aliphatic heterocycles. The molecule has 4 rings (SSSR count). The van der Waals surface area contributed by atoms with Gasteiger partial charge in [0, 0.05) is 5.92 Å². The van der Waals surface area contributed by atoms with Crippen LogP contribution in [-0.2, 0) is 9.84 Å². The summed E-state index contributed by atoms with van der Waals surface area (Å²) < 4.78 is 36.5. The Morgan fingerprint density at radius 1 is 1.12 bits per heavy atom. The van der Waals surface area contributed by atoms with Crippen LogP contribution in [-0.4, -0.2) is 37.7 Å². The summed E-state index contributed by atoms with van der Waals surface area (Å²) in [4.78, 5) is 0.210. The molecule has 0 saturated heterocycles. The van der Waals surface area contributed by atoms with Gasteiger partial charge in [0.05, 0.1) is 22.3 Å². The number of rotatable bonds is 4. The van der Waals surface area contributed by atoms with Crippen LogP contribution in [0.25, 0.3) is 0 Å². The number of benzene rings is 2. The minimum Gasteiger partial charge on any atom is -0.454 e. The van der Waals surface area contributed by atoms with Crippen LogP contribution >= 0.6 is 0 Å². The molecule has 0 aromatic heterocycles. The van der Waals surface area contributed by atoms with Crippen LogP contribution in [0.2, 0.25) is 0 Å². The van der Waals surface area contributed by atoms with Crippen LogP contribution in [0.4, 0.5) is 0 Å². The lowest BCUT2D eigenvalue weighted by Crippen LogP contribution is -2.35. The molecule has 126 valence electrons. The maximum atomic E-state index is 12.9. The third-order valence-corrected chi connectivity index (χ3v) is 7.05. The van der Waals surface area contributed by atoms with Crippen molar-refractivity contribution in [1.82, 2.24) is 0 Å². The number of aliphatic hydroxyl groups excluding tert-OH is 1. The number of aliphatic hydroxyl groups is 1. The third kappa shape index (κ3) is 2.12. The van der Waals surface area contributed by atoms with Crippen molar-refractivity contribution in [2.45, 2.75) is 21.6 Å². The molecule has 1 aliphatic carbocycles. The molecular weight excluding hydrogens is 330 g/mol. The van der Waals surface area contributed by atoms with Gasteiger partial charge in [-0.25, -0.2) is 8.42 Å². The molecule has 24 heavy (non-hydrogen) atoms. The van der Waals surface area contributed by atoms with E-state index in [1.165, 1.54) is 0 Å². The average Bonchev–Trinajstić information content (AvgIpc) is 3.00. The number of fused-ring (bicyclic) bond motifs is 1. The Bertz CT molecular complexity index is 883. The minimum atomic E-state index is -3.65. The fraction of sp³-hybridized carbons (Fsp3) is 0.294. The molecule has 1 heterocycles. The summed E-state index contributed by atoms with van der Waals surface area (Å²) in [6.07, 6.45) is 0. The van der Waals surface area contributed by atoms with Crippen LogP contribution in [0.15, 0.2) is 53.4 Å². The van der Waals surface area contributed by atoms with Crippen LogP contribution in [0.1, 0.15) is 11.5 Å². The highest BCUT2D eigenvalue weighted by atomic mass is 32.2. The van der Waals surface area contributed by atoms with E-state index in [0.29, 0.717) is 11.5 Å². The molecule has 2 aliphatic rings. The van der Waals surface area contributed by atoms with Crippen LogP contribution in [0, 0.1) is 0 Å². The quantitative estimate of drug-likeness (QED) is 0.858. The van der Waals surface area contributed by atoms with E-state index in [9.17, 15) is 13.5 Å². The van der Waals surface area contributed by atoms with Crippen molar-refractivity contribution < 1.29 is 23.0 Å². The van der Waals surface area contributed by atoms with E-state index in [2.05, 4.69) is 0 Å². The van der Waals surface area contributed by atoms with Gasteiger partial charge in [-0.1, -0.05) is 24.3 Å². The van der Waals surface area contributed by atoms with Gasteiger partial charge in [-0.15, -0.1) is 0 Å². The molecular formula is C17H17NO5S. The van der Waals surface area contributed by atoms with Gasteiger partial charge in [0.2, 0.25) is 6.79 Å². The Balaban J connectivity index is 1.74. The second-order valence-corrected chi connectivity index (χ2v) is 8.21. The van der Waals surface area contributed by atoms with Crippen molar-refractivity contribution in [3.8, 4) is 11.5 Å². The topological polar surface area (TPSA) is 98.8 Å². The SMILES string of the molecule is N[C@@]1(CO)[C@@H](c2ccc3c(c2)OCO3)[C@@H]1S(=O)(=O)c1ccccc1. The van der Waals surface area contributed by atoms with E-state index >= 15 is 0 Å². The first-order valence-corrected chi connectivity index (χ1v) is 9.11. The normalized spacial score (nSPS) is 27.9. The van der Waals surface area contributed by atoms with Gasteiger partial charge < -0.3 is 20.3 Å². The monoisotopic (exact) mass is 347 g/mol.